The summed E-state index contributed by atoms with van der Waals surface area (Å²) >= 11 is 0. The minimum atomic E-state index is -1.01. The quantitative estimate of drug-likeness (QED) is 0.150. The Kier molecular flexibility index (Phi) is 9.35. The molecule has 2 heterocycles. The molecule has 0 N–H and O–H groups in total. The number of rotatable bonds is 11. The first kappa shape index (κ1) is 27.5. The smallest absolute Gasteiger partial charge is 0.336 e. The van der Waals surface area contributed by atoms with Gasteiger partial charge in [-0.05, 0) is 51.8 Å². The van der Waals surface area contributed by atoms with Gasteiger partial charge in [0.15, 0.2) is 12.2 Å². The summed E-state index contributed by atoms with van der Waals surface area (Å²) in [4.78, 5) is 37.1. The molecule has 1 aromatic carbocycles. The van der Waals surface area contributed by atoms with Crippen LogP contribution in [0.3, 0.4) is 0 Å². The van der Waals surface area contributed by atoms with E-state index in [0.29, 0.717) is 22.3 Å². The predicted molar refractivity (Wildman–Crippen MR) is 138 cm³/mol. The minimum absolute atomic E-state index is 0.244. The molecule has 0 fully saturated rings. The molecule has 3 rings (SSSR count). The van der Waals surface area contributed by atoms with Gasteiger partial charge in [-0.2, -0.15) is 0 Å². The molecule has 7 heteroatoms. The maximum Gasteiger partial charge on any atom is 0.336 e. The molecule has 0 unspecified atom stereocenters. The van der Waals surface area contributed by atoms with Crippen LogP contribution in [0.1, 0.15) is 97.7 Å². The molecule has 1 aromatic heterocycles. The molecule has 0 aliphatic carbocycles. The molecular formula is C29H38O7. The third kappa shape index (κ3) is 6.77. The Balaban J connectivity index is 1.79. The number of esters is 2. The number of benzene rings is 1. The van der Waals surface area contributed by atoms with E-state index in [1.807, 2.05) is 6.08 Å². The van der Waals surface area contributed by atoms with Gasteiger partial charge in [0, 0.05) is 23.9 Å². The lowest BCUT2D eigenvalue weighted by molar-refractivity contribution is -0.186. The minimum Gasteiger partial charge on any atom is -0.483 e. The molecule has 0 bridgehead atoms. The van der Waals surface area contributed by atoms with E-state index in [4.69, 9.17) is 18.6 Å². The van der Waals surface area contributed by atoms with Crippen LogP contribution in [0.5, 0.6) is 5.75 Å². The van der Waals surface area contributed by atoms with Crippen LogP contribution in [0.4, 0.5) is 0 Å². The van der Waals surface area contributed by atoms with E-state index in [2.05, 4.69) is 6.92 Å². The van der Waals surface area contributed by atoms with E-state index in [1.165, 1.54) is 45.1 Å². The zero-order chi connectivity index (χ0) is 26.3. The van der Waals surface area contributed by atoms with Gasteiger partial charge in [0.25, 0.3) is 0 Å². The number of hydrogen-bond acceptors (Lipinski definition) is 7. The van der Waals surface area contributed by atoms with Crippen LogP contribution in [0.25, 0.3) is 11.0 Å². The van der Waals surface area contributed by atoms with Crippen LogP contribution < -0.4 is 10.4 Å². The van der Waals surface area contributed by atoms with Crippen LogP contribution in [-0.4, -0.2) is 23.6 Å². The summed E-state index contributed by atoms with van der Waals surface area (Å²) in [5, 5.41) is 0.643. The molecule has 1 aliphatic rings. The van der Waals surface area contributed by atoms with Crippen LogP contribution in [0.15, 0.2) is 45.1 Å². The van der Waals surface area contributed by atoms with E-state index in [0.717, 1.165) is 19.3 Å². The highest BCUT2D eigenvalue weighted by Crippen LogP contribution is 2.46. The van der Waals surface area contributed by atoms with Gasteiger partial charge in [0.2, 0.25) is 0 Å². The molecule has 2 aromatic rings. The maximum atomic E-state index is 13.0. The first-order valence-electron chi connectivity index (χ1n) is 12.9. The van der Waals surface area contributed by atoms with E-state index >= 15 is 0 Å². The Labute approximate surface area is 212 Å². The summed E-state index contributed by atoms with van der Waals surface area (Å²) in [5.41, 5.74) is -0.436. The lowest BCUT2D eigenvalue weighted by Crippen LogP contribution is -2.52. The summed E-state index contributed by atoms with van der Waals surface area (Å²) in [5.74, 6) is -0.639. The molecule has 1 aliphatic heterocycles. The molecule has 0 saturated carbocycles. The Morgan fingerprint density at radius 3 is 2.33 bits per heavy atom. The highest BCUT2D eigenvalue weighted by atomic mass is 16.6. The predicted octanol–water partition coefficient (Wildman–Crippen LogP) is 6.57. The van der Waals surface area contributed by atoms with Crippen LogP contribution in [0.2, 0.25) is 0 Å². The fraction of sp³-hybridized carbons (Fsp3) is 0.552. The normalized spacial score (nSPS) is 18.9. The maximum absolute atomic E-state index is 13.0. The van der Waals surface area contributed by atoms with Crippen molar-refractivity contribution in [2.24, 2.45) is 0 Å². The fourth-order valence-electron chi connectivity index (χ4n) is 4.57. The van der Waals surface area contributed by atoms with Crippen molar-refractivity contribution in [3.8, 4) is 5.75 Å². The molecule has 196 valence electrons. The fourth-order valence-corrected chi connectivity index (χ4v) is 4.57. The first-order chi connectivity index (χ1) is 17.1. The molecule has 0 saturated heterocycles. The van der Waals surface area contributed by atoms with Gasteiger partial charge in [-0.3, -0.25) is 4.79 Å². The van der Waals surface area contributed by atoms with Crippen molar-refractivity contribution in [1.29, 1.82) is 0 Å². The Hall–Kier alpha value is -3.09. The van der Waals surface area contributed by atoms with Gasteiger partial charge in [-0.25, -0.2) is 9.59 Å². The largest absolute Gasteiger partial charge is 0.483 e. The highest BCUT2D eigenvalue weighted by molar-refractivity contribution is 5.88. The van der Waals surface area contributed by atoms with Gasteiger partial charge in [0.1, 0.15) is 16.9 Å². The molecule has 0 spiro atoms. The topological polar surface area (TPSA) is 92.0 Å². The summed E-state index contributed by atoms with van der Waals surface area (Å²) in [6.45, 7) is 8.76. The highest BCUT2D eigenvalue weighted by Gasteiger charge is 2.50. The monoisotopic (exact) mass is 498 g/mol. The second-order valence-electron chi connectivity index (χ2n) is 10.0. The van der Waals surface area contributed by atoms with Crippen molar-refractivity contribution in [3.63, 3.8) is 0 Å². The van der Waals surface area contributed by atoms with Gasteiger partial charge in [0.05, 0.1) is 5.56 Å². The number of hydrogen-bond donors (Lipinski definition) is 0. The molecule has 7 nitrogen and oxygen atoms in total. The van der Waals surface area contributed by atoms with Crippen molar-refractivity contribution in [3.05, 3.63) is 51.9 Å². The molecule has 0 radical (unpaired) electrons. The SMILES string of the molecule is CCCCCCCCC/C=C(\C)C(=O)O[C@@H]1[C@H](OC(C)=O)c2c(ccc3ccc(=O)oc23)OC1(C)C. The van der Waals surface area contributed by atoms with Gasteiger partial charge in [-0.15, -0.1) is 0 Å². The summed E-state index contributed by atoms with van der Waals surface area (Å²) in [6.07, 6.45) is 9.14. The molecular weight excluding hydrogens is 460 g/mol. The van der Waals surface area contributed by atoms with Crippen LogP contribution in [0, 0.1) is 0 Å². The summed E-state index contributed by atoms with van der Waals surface area (Å²) in [6, 6.07) is 6.45. The van der Waals surface area contributed by atoms with Crippen molar-refractivity contribution in [1.82, 2.24) is 0 Å². The number of carbonyl (C=O) groups is 2. The van der Waals surface area contributed by atoms with E-state index in [1.54, 1.807) is 39.0 Å². The van der Waals surface area contributed by atoms with Crippen molar-refractivity contribution < 1.29 is 28.2 Å². The number of carbonyl (C=O) groups excluding carboxylic acids is 2. The van der Waals surface area contributed by atoms with E-state index in [9.17, 15) is 14.4 Å². The number of fused-ring (bicyclic) bond motifs is 3. The Morgan fingerprint density at radius 1 is 0.972 bits per heavy atom. The number of unbranched alkanes of at least 4 members (excludes halogenated alkanes) is 7. The zero-order valence-corrected chi connectivity index (χ0v) is 22.1. The summed E-state index contributed by atoms with van der Waals surface area (Å²) in [7, 11) is 0. The van der Waals surface area contributed by atoms with Crippen molar-refractivity contribution >= 4 is 22.9 Å². The van der Waals surface area contributed by atoms with Crippen LogP contribution in [-0.2, 0) is 19.1 Å². The average Bonchev–Trinajstić information content (AvgIpc) is 2.81. The molecule has 0 amide bonds. The zero-order valence-electron chi connectivity index (χ0n) is 22.1. The third-order valence-electron chi connectivity index (χ3n) is 6.51. The Morgan fingerprint density at radius 2 is 1.64 bits per heavy atom. The van der Waals surface area contributed by atoms with Crippen LogP contribution >= 0.6 is 0 Å². The number of ether oxygens (including phenoxy) is 3. The van der Waals surface area contributed by atoms with Crippen molar-refractivity contribution in [2.75, 3.05) is 0 Å². The van der Waals surface area contributed by atoms with Crippen molar-refractivity contribution in [2.45, 2.75) is 104 Å². The van der Waals surface area contributed by atoms with Gasteiger partial charge >= 0.3 is 17.6 Å². The lowest BCUT2D eigenvalue weighted by atomic mass is 9.87. The first-order valence-corrected chi connectivity index (χ1v) is 12.9. The number of allylic oxidation sites excluding steroid dienone is 1. The third-order valence-corrected chi connectivity index (χ3v) is 6.51. The van der Waals surface area contributed by atoms with Gasteiger partial charge in [-0.1, -0.05) is 51.5 Å². The second-order valence-corrected chi connectivity index (χ2v) is 10.0. The average molecular weight is 499 g/mol. The lowest BCUT2D eigenvalue weighted by Gasteiger charge is -2.43. The molecule has 2 atom stereocenters. The van der Waals surface area contributed by atoms with Gasteiger partial charge < -0.3 is 18.6 Å². The standard InChI is InChI=1S/C29H38O7/c1-6-7-8-9-10-11-12-13-14-19(2)28(32)35-27-26(33-20(3)30)24-22(36-29(27,4)5)17-15-21-16-18-23(31)34-25(21)24/h14-18,26-27H,6-13H2,1-5H3/b19-14+/t26-,27-/m1/s1. The van der Waals surface area contributed by atoms with E-state index in [-0.39, 0.29) is 5.58 Å². The second kappa shape index (κ2) is 12.2. The van der Waals surface area contributed by atoms with E-state index < -0.39 is 35.4 Å². The summed E-state index contributed by atoms with van der Waals surface area (Å²) < 4.78 is 23.2. The molecule has 36 heavy (non-hydrogen) atoms. The Bertz CT molecular complexity index is 1160.